The lowest BCUT2D eigenvalue weighted by Gasteiger charge is -2.32. The summed E-state index contributed by atoms with van der Waals surface area (Å²) < 4.78 is 0. The van der Waals surface area contributed by atoms with Crippen LogP contribution in [0.5, 0.6) is 0 Å². The molecule has 1 saturated heterocycles. The third kappa shape index (κ3) is 1.21. The molecule has 0 atom stereocenters. The lowest BCUT2D eigenvalue weighted by Crippen LogP contribution is -2.37. The van der Waals surface area contributed by atoms with Crippen molar-refractivity contribution in [1.29, 1.82) is 0 Å². The normalized spacial score (nSPS) is 15.2. The average Bonchev–Trinajstić information content (AvgIpc) is 2.59. The SMILES string of the molecule is CC(=O)c1c[nH]c2ncnc(N3CCC3)c12. The van der Waals surface area contributed by atoms with Crippen LogP contribution in [0.15, 0.2) is 12.5 Å². The Balaban J connectivity index is 2.25. The van der Waals surface area contributed by atoms with Gasteiger partial charge in [-0.25, -0.2) is 9.97 Å². The third-order valence-electron chi connectivity index (χ3n) is 2.98. The highest BCUT2D eigenvalue weighted by atomic mass is 16.1. The first-order chi connectivity index (χ1) is 7.77. The first-order valence-electron chi connectivity index (χ1n) is 5.35. The molecule has 0 saturated carbocycles. The quantitative estimate of drug-likeness (QED) is 0.770. The Morgan fingerprint density at radius 2 is 2.25 bits per heavy atom. The van der Waals surface area contributed by atoms with Gasteiger partial charge in [-0.2, -0.15) is 0 Å². The number of ketones is 1. The van der Waals surface area contributed by atoms with Crippen molar-refractivity contribution in [3.63, 3.8) is 0 Å². The van der Waals surface area contributed by atoms with Crippen LogP contribution in [0, 0.1) is 0 Å². The second-order valence-corrected chi connectivity index (χ2v) is 4.02. The number of fused-ring (bicyclic) bond motifs is 1. The summed E-state index contributed by atoms with van der Waals surface area (Å²) in [5.74, 6) is 0.922. The van der Waals surface area contributed by atoms with Crippen molar-refractivity contribution in [2.45, 2.75) is 13.3 Å². The topological polar surface area (TPSA) is 61.9 Å². The maximum absolute atomic E-state index is 11.5. The lowest BCUT2D eigenvalue weighted by atomic mass is 10.1. The molecule has 5 nitrogen and oxygen atoms in total. The van der Waals surface area contributed by atoms with E-state index in [9.17, 15) is 4.79 Å². The van der Waals surface area contributed by atoms with E-state index in [0.717, 1.165) is 29.9 Å². The van der Waals surface area contributed by atoms with E-state index in [1.807, 2.05) is 0 Å². The van der Waals surface area contributed by atoms with Crippen molar-refractivity contribution in [3.8, 4) is 0 Å². The Bertz CT molecular complexity index is 556. The summed E-state index contributed by atoms with van der Waals surface area (Å²) in [6.07, 6.45) is 4.44. The highest BCUT2D eigenvalue weighted by molar-refractivity contribution is 6.09. The van der Waals surface area contributed by atoms with Crippen molar-refractivity contribution in [3.05, 3.63) is 18.1 Å². The van der Waals surface area contributed by atoms with Gasteiger partial charge < -0.3 is 9.88 Å². The van der Waals surface area contributed by atoms with Crippen LogP contribution in [0.25, 0.3) is 11.0 Å². The number of H-pyrrole nitrogens is 1. The molecule has 2 aromatic rings. The molecule has 1 fully saturated rings. The molecule has 0 amide bonds. The zero-order chi connectivity index (χ0) is 11.1. The van der Waals surface area contributed by atoms with Crippen LogP contribution in [-0.2, 0) is 0 Å². The Morgan fingerprint density at radius 1 is 1.44 bits per heavy atom. The molecule has 3 rings (SSSR count). The predicted molar refractivity (Wildman–Crippen MR) is 60.7 cm³/mol. The van der Waals surface area contributed by atoms with E-state index in [-0.39, 0.29) is 5.78 Å². The van der Waals surface area contributed by atoms with E-state index in [2.05, 4.69) is 19.9 Å². The third-order valence-corrected chi connectivity index (χ3v) is 2.98. The molecule has 1 aliphatic heterocycles. The minimum atomic E-state index is 0.0443. The summed E-state index contributed by atoms with van der Waals surface area (Å²) in [4.78, 5) is 25.1. The first-order valence-corrected chi connectivity index (χ1v) is 5.35. The van der Waals surface area contributed by atoms with Gasteiger partial charge >= 0.3 is 0 Å². The molecule has 0 aliphatic carbocycles. The number of aromatic amines is 1. The van der Waals surface area contributed by atoms with Gasteiger partial charge in [0, 0.05) is 24.8 Å². The number of carbonyl (C=O) groups is 1. The molecule has 82 valence electrons. The van der Waals surface area contributed by atoms with Crippen LogP contribution >= 0.6 is 0 Å². The molecule has 0 bridgehead atoms. The second kappa shape index (κ2) is 3.30. The zero-order valence-electron chi connectivity index (χ0n) is 9.03. The van der Waals surface area contributed by atoms with Crippen LogP contribution in [0.2, 0.25) is 0 Å². The van der Waals surface area contributed by atoms with Gasteiger partial charge in [0.1, 0.15) is 17.8 Å². The number of hydrogen-bond donors (Lipinski definition) is 1. The highest BCUT2D eigenvalue weighted by Gasteiger charge is 2.22. The largest absolute Gasteiger partial charge is 0.356 e. The molecule has 2 aromatic heterocycles. The van der Waals surface area contributed by atoms with E-state index in [4.69, 9.17) is 0 Å². The maximum atomic E-state index is 11.5. The van der Waals surface area contributed by atoms with Gasteiger partial charge in [-0.05, 0) is 13.3 Å². The summed E-state index contributed by atoms with van der Waals surface area (Å²) in [5, 5.41) is 0.856. The monoisotopic (exact) mass is 216 g/mol. The van der Waals surface area contributed by atoms with Crippen molar-refractivity contribution in [2.24, 2.45) is 0 Å². The summed E-state index contributed by atoms with van der Waals surface area (Å²) in [6.45, 7) is 3.58. The average molecular weight is 216 g/mol. The predicted octanol–water partition coefficient (Wildman–Crippen LogP) is 1.37. The van der Waals surface area contributed by atoms with Crippen LogP contribution in [0.4, 0.5) is 5.82 Å². The molecule has 3 heterocycles. The minimum absolute atomic E-state index is 0.0443. The van der Waals surface area contributed by atoms with Gasteiger partial charge in [0.25, 0.3) is 0 Å². The summed E-state index contributed by atoms with van der Waals surface area (Å²) in [7, 11) is 0. The van der Waals surface area contributed by atoms with Crippen molar-refractivity contribution in [1.82, 2.24) is 15.0 Å². The Kier molecular flexibility index (Phi) is 1.92. The number of carbonyl (C=O) groups excluding carboxylic acids is 1. The number of rotatable bonds is 2. The lowest BCUT2D eigenvalue weighted by molar-refractivity contribution is 0.101. The Labute approximate surface area is 92.5 Å². The second-order valence-electron chi connectivity index (χ2n) is 4.02. The number of nitrogens with one attached hydrogen (secondary N) is 1. The number of nitrogens with zero attached hydrogens (tertiary/aromatic N) is 3. The van der Waals surface area contributed by atoms with Gasteiger partial charge in [0.15, 0.2) is 5.78 Å². The van der Waals surface area contributed by atoms with Crippen molar-refractivity contribution < 1.29 is 4.79 Å². The van der Waals surface area contributed by atoms with Crippen molar-refractivity contribution in [2.75, 3.05) is 18.0 Å². The summed E-state index contributed by atoms with van der Waals surface area (Å²) in [6, 6.07) is 0. The van der Waals surface area contributed by atoms with Crippen LogP contribution < -0.4 is 4.90 Å². The Hall–Kier alpha value is -1.91. The minimum Gasteiger partial charge on any atom is -0.356 e. The highest BCUT2D eigenvalue weighted by Crippen LogP contribution is 2.29. The molecule has 5 heteroatoms. The molecular weight excluding hydrogens is 204 g/mol. The van der Waals surface area contributed by atoms with E-state index in [1.165, 1.54) is 12.7 Å². The van der Waals surface area contributed by atoms with Crippen LogP contribution in [-0.4, -0.2) is 33.8 Å². The van der Waals surface area contributed by atoms with Crippen LogP contribution in [0.3, 0.4) is 0 Å². The van der Waals surface area contributed by atoms with E-state index < -0.39 is 0 Å². The van der Waals surface area contributed by atoms with Gasteiger partial charge in [-0.15, -0.1) is 0 Å². The van der Waals surface area contributed by atoms with Gasteiger partial charge in [0.05, 0.1) is 5.39 Å². The number of hydrogen-bond acceptors (Lipinski definition) is 4. The number of Topliss-reactive ketones (excluding diaryl/α,β-unsaturated/α-hetero) is 1. The summed E-state index contributed by atoms with van der Waals surface area (Å²) in [5.41, 5.74) is 1.42. The van der Waals surface area contributed by atoms with E-state index in [0.29, 0.717) is 5.56 Å². The smallest absolute Gasteiger partial charge is 0.162 e. The molecule has 0 aromatic carbocycles. The molecule has 1 aliphatic rings. The summed E-state index contributed by atoms with van der Waals surface area (Å²) >= 11 is 0. The standard InChI is InChI=1S/C11H12N4O/c1-7(16)8-5-12-10-9(8)11(14-6-13-10)15-3-2-4-15/h5-6H,2-4H2,1H3,(H,12,13,14). The van der Waals surface area contributed by atoms with E-state index in [1.54, 1.807) is 13.1 Å². The molecule has 1 N–H and O–H groups in total. The van der Waals surface area contributed by atoms with Gasteiger partial charge in [-0.1, -0.05) is 0 Å². The zero-order valence-corrected chi connectivity index (χ0v) is 9.03. The fourth-order valence-electron chi connectivity index (χ4n) is 1.99. The molecule has 0 spiro atoms. The van der Waals surface area contributed by atoms with Crippen LogP contribution in [0.1, 0.15) is 23.7 Å². The molecule has 16 heavy (non-hydrogen) atoms. The Morgan fingerprint density at radius 3 is 2.88 bits per heavy atom. The van der Waals surface area contributed by atoms with E-state index >= 15 is 0 Å². The first kappa shape index (κ1) is 9.33. The van der Waals surface area contributed by atoms with Gasteiger partial charge in [-0.3, -0.25) is 4.79 Å². The maximum Gasteiger partial charge on any atom is 0.162 e. The molecular formula is C11H12N4O. The number of aromatic nitrogens is 3. The fourth-order valence-corrected chi connectivity index (χ4v) is 1.99. The van der Waals surface area contributed by atoms with Gasteiger partial charge in [0.2, 0.25) is 0 Å². The molecule has 0 radical (unpaired) electrons. The van der Waals surface area contributed by atoms with Crippen molar-refractivity contribution >= 4 is 22.6 Å². The number of anilines is 1. The molecule has 0 unspecified atom stereocenters. The fraction of sp³-hybridized carbons (Fsp3) is 0.364.